The van der Waals surface area contributed by atoms with Gasteiger partial charge in [-0.2, -0.15) is 30.7 Å². The number of rotatable bonds is 17. The van der Waals surface area contributed by atoms with Crippen LogP contribution in [0.5, 0.6) is 0 Å². The van der Waals surface area contributed by atoms with E-state index >= 15 is 0 Å². The van der Waals surface area contributed by atoms with Gasteiger partial charge in [-0.1, -0.05) is 37.2 Å². The van der Waals surface area contributed by atoms with Gasteiger partial charge in [-0.15, -0.1) is 0 Å². The van der Waals surface area contributed by atoms with E-state index < -0.39 is 17.7 Å². The van der Waals surface area contributed by atoms with E-state index in [0.717, 1.165) is 11.4 Å². The van der Waals surface area contributed by atoms with Crippen LogP contribution < -0.4 is 21.3 Å². The average molecular weight is 1020 g/mol. The summed E-state index contributed by atoms with van der Waals surface area (Å²) in [7, 11) is 5.45. The smallest absolute Gasteiger partial charge is 0.407 e. The normalized spacial score (nSPS) is 11.2. The zero-order chi connectivity index (χ0) is 58.6. The number of ether oxygens (including phenoxy) is 1. The molecule has 74 heavy (non-hydrogen) atoms. The van der Waals surface area contributed by atoms with E-state index in [1.54, 1.807) is 127 Å². The van der Waals surface area contributed by atoms with E-state index in [9.17, 15) is 14.4 Å². The topological polar surface area (TPSA) is 250 Å². The van der Waals surface area contributed by atoms with Crippen molar-refractivity contribution in [3.8, 4) is 47.5 Å². The van der Waals surface area contributed by atoms with Crippen LogP contribution in [0.3, 0.4) is 0 Å². The molecule has 0 saturated carbocycles. The maximum atomic E-state index is 12.5. The number of hydrogen-bond acceptors (Lipinski definition) is 15. The number of likely N-dealkylation sites (N-methyl/N-ethyl adjacent to an activating group) is 2. The largest absolute Gasteiger partial charge is 0.444 e. The number of alkyl carbamates (subject to hydrolysis) is 1. The number of hydrogen-bond donors (Lipinski definition) is 4. The third-order valence-corrected chi connectivity index (χ3v) is 9.93. The van der Waals surface area contributed by atoms with Crippen molar-refractivity contribution in [1.29, 1.82) is 10.5 Å². The molecule has 20 heteroatoms. The van der Waals surface area contributed by atoms with Crippen LogP contribution in [0.2, 0.25) is 0 Å². The molecule has 0 aliphatic heterocycles. The van der Waals surface area contributed by atoms with Gasteiger partial charge in [0.2, 0.25) is 23.7 Å². The van der Waals surface area contributed by atoms with Crippen molar-refractivity contribution in [2.75, 3.05) is 51.4 Å². The summed E-state index contributed by atoms with van der Waals surface area (Å²) in [6.45, 7) is 8.72. The van der Waals surface area contributed by atoms with Crippen LogP contribution in [0.1, 0.15) is 93.4 Å². The molecule has 0 aliphatic carbocycles. The molecule has 0 spiro atoms. The van der Waals surface area contributed by atoms with Gasteiger partial charge in [0.25, 0.3) is 0 Å². The van der Waals surface area contributed by atoms with Crippen LogP contribution in [0.15, 0.2) is 110 Å². The molecule has 0 fully saturated rings. The lowest BCUT2D eigenvalue weighted by Crippen LogP contribution is -2.45. The minimum atomic E-state index is -0.590. The second-order valence-electron chi connectivity index (χ2n) is 17.2. The summed E-state index contributed by atoms with van der Waals surface area (Å²) >= 11 is 0. The lowest BCUT2D eigenvalue weighted by atomic mass is 10.2. The van der Waals surface area contributed by atoms with E-state index in [1.807, 2.05) is 39.8 Å². The Bertz CT molecular complexity index is 3040. The summed E-state index contributed by atoms with van der Waals surface area (Å²) in [4.78, 5) is 57.6. The standard InChI is InChI=1S/C29H33N9O2.C24H25N7O2.CH4.4H2/c1-22(37(4)26(39)11-8-18-36(2)3)28(40)31-16-7-5-6-10-24-21-32-29(35-27(24)38-19-9-17-33-38)34-25-14-12-23(20-30)13-15-25;1-24(2,3)33-23(32)26-13-6-4-5-8-19-17-27-22(30-21(19)31-15-7-14-28-31)29-20-11-9-18(16-25)10-12-20;;;;;/h8-9,11-15,17,19,21-22H,5,7,16,18H2,1-4H3,(H,31,40)(H,32,34,35);7,9-12,14-15,17H,4,6,13H2,1-3H3,(H,26,32)(H,27,29,30);1H4;4*1H/b11-8+;;;;;;/t22-;;;;;;/m0....../s1/i;;;3*1+2T;1+2. The fourth-order valence-corrected chi connectivity index (χ4v) is 6.08. The Morgan fingerprint density at radius 3 is 1.66 bits per heavy atom. The van der Waals surface area contributed by atoms with Crippen molar-refractivity contribution in [2.45, 2.75) is 72.4 Å². The summed E-state index contributed by atoms with van der Waals surface area (Å²) in [6.07, 6.45) is 15.4. The van der Waals surface area contributed by atoms with Gasteiger partial charge in [0.15, 0.2) is 11.6 Å². The highest BCUT2D eigenvalue weighted by Crippen LogP contribution is 2.19. The highest BCUT2D eigenvalue weighted by Gasteiger charge is 2.20. The van der Waals surface area contributed by atoms with Gasteiger partial charge in [-0.05, 0) is 115 Å². The van der Waals surface area contributed by atoms with Crippen LogP contribution in [0, 0.1) is 46.3 Å². The van der Waals surface area contributed by atoms with Crippen LogP contribution in [-0.2, 0) is 14.3 Å². The van der Waals surface area contributed by atoms with Gasteiger partial charge in [-0.25, -0.2) is 24.1 Å². The Balaban J connectivity index is 0.00000143. The van der Waals surface area contributed by atoms with E-state index in [2.05, 4.69) is 87.2 Å². The van der Waals surface area contributed by atoms with E-state index in [4.69, 9.17) is 24.2 Å². The van der Waals surface area contributed by atoms with Crippen molar-refractivity contribution in [1.82, 2.24) is 59.9 Å². The molecular weight excluding hydrogens is 937 g/mol. The van der Waals surface area contributed by atoms with Gasteiger partial charge in [0.1, 0.15) is 11.6 Å². The van der Waals surface area contributed by atoms with Crippen molar-refractivity contribution >= 4 is 41.2 Å². The highest BCUT2D eigenvalue weighted by atomic mass is 16.6. The SMILES string of the molecule is C.CC(C)(C)OC(=O)NCCCC#Cc1cnc(Nc2ccc(C#N)cc2)nc1-n1cccn1.C[C@@H](C(=O)NCCCC#Cc1cnc(Nc2ccc(C#N)cc2)nc1-n1cccn1)N(C)C(=O)/C=C/CN(C)C.[3HH].[3H][3H].[3H][3H].[3H][3H]. The first-order valence-electron chi connectivity index (χ1n) is 26.2. The van der Waals surface area contributed by atoms with E-state index in [-0.39, 0.29) is 20.7 Å². The molecule has 0 bridgehead atoms. The number of nitriles is 2. The molecular formula is C54H70N16O4. The highest BCUT2D eigenvalue weighted by molar-refractivity contribution is 5.92. The molecule has 3 amide bonds. The molecule has 6 rings (SSSR count). The minimum absolute atomic E-state index is 0. The first-order valence-corrected chi connectivity index (χ1v) is 23.2. The fourth-order valence-electron chi connectivity index (χ4n) is 6.08. The number of nitrogens with one attached hydrogen (secondary N) is 4. The van der Waals surface area contributed by atoms with Crippen LogP contribution in [0.25, 0.3) is 11.6 Å². The maximum absolute atomic E-state index is 12.5. The van der Waals surface area contributed by atoms with Gasteiger partial charge < -0.3 is 35.8 Å². The minimum Gasteiger partial charge on any atom is -0.444 e. The molecule has 4 aromatic heterocycles. The summed E-state index contributed by atoms with van der Waals surface area (Å²) in [5.74, 6) is 13.8. The Hall–Kier alpha value is -9.37. The number of anilines is 4. The molecule has 6 aromatic rings. The first-order chi connectivity index (χ1) is 38.1. The van der Waals surface area contributed by atoms with E-state index in [1.165, 1.54) is 11.0 Å². The third kappa shape index (κ3) is 19.1. The molecule has 4 heterocycles. The van der Waals surface area contributed by atoms with Crippen molar-refractivity contribution < 1.29 is 29.5 Å². The number of carbonyl (C=O) groups excluding carboxylic acids is 3. The number of nitrogens with zero attached hydrogens (tertiary/aromatic N) is 12. The molecule has 20 nitrogen and oxygen atoms in total. The lowest BCUT2D eigenvalue weighted by molar-refractivity contribution is -0.135. The maximum Gasteiger partial charge on any atom is 0.407 e. The molecule has 0 saturated heterocycles. The zero-order valence-electron chi connectivity index (χ0n) is 47.9. The van der Waals surface area contributed by atoms with Gasteiger partial charge >= 0.3 is 6.09 Å². The number of benzene rings is 2. The Morgan fingerprint density at radius 1 is 0.770 bits per heavy atom. The molecule has 0 unspecified atom stereocenters. The second-order valence-corrected chi connectivity index (χ2v) is 17.2. The quantitative estimate of drug-likeness (QED) is 0.0383. The molecule has 0 aliphatic rings. The molecule has 0 radical (unpaired) electrons. The zero-order valence-corrected chi connectivity index (χ0v) is 41.9. The fraction of sp³-hybridized carbons (Fsp3) is 0.315. The molecule has 1 atom stereocenters. The van der Waals surface area contributed by atoms with Crippen LogP contribution in [-0.4, -0.2) is 120 Å². The lowest BCUT2D eigenvalue weighted by Gasteiger charge is -2.23. The summed E-state index contributed by atoms with van der Waals surface area (Å²) in [5.41, 5.74) is 3.36. The molecule has 390 valence electrons. The number of aromatic nitrogens is 8. The predicted octanol–water partition coefficient (Wildman–Crippen LogP) is 8.04. The summed E-state index contributed by atoms with van der Waals surface area (Å²) < 4.78 is 38.4. The van der Waals surface area contributed by atoms with Crippen LogP contribution >= 0.6 is 0 Å². The number of unbranched alkanes of at least 4 members (excludes halogenated alkanes) is 2. The van der Waals surface area contributed by atoms with Crippen molar-refractivity contribution in [3.05, 3.63) is 132 Å². The Labute approximate surface area is 443 Å². The van der Waals surface area contributed by atoms with Gasteiger partial charge in [0.05, 0.1) is 46.8 Å². The number of amides is 3. The number of carbonyl (C=O) groups is 3. The Morgan fingerprint density at radius 2 is 1.24 bits per heavy atom. The van der Waals surface area contributed by atoms with E-state index in [0.29, 0.717) is 91.1 Å². The molecule has 4 N–H and O–H groups in total. The van der Waals surface area contributed by atoms with Crippen molar-refractivity contribution in [3.63, 3.8) is 0 Å². The first kappa shape index (κ1) is 52.5. The van der Waals surface area contributed by atoms with Gasteiger partial charge in [-0.3, -0.25) is 9.59 Å². The van der Waals surface area contributed by atoms with Crippen LogP contribution in [0.4, 0.5) is 28.1 Å². The monoisotopic (exact) mass is 1020 g/mol. The Kier molecular flexibility index (Phi) is 20.6. The second kappa shape index (κ2) is 29.1. The average Bonchev–Trinajstić information content (AvgIpc) is 4.27. The third-order valence-electron chi connectivity index (χ3n) is 9.93. The van der Waals surface area contributed by atoms with Crippen molar-refractivity contribution in [2.24, 2.45) is 0 Å². The van der Waals surface area contributed by atoms with Gasteiger partial charge in [0, 0.05) is 92.1 Å². The summed E-state index contributed by atoms with van der Waals surface area (Å²) in [5, 5.41) is 38.3. The summed E-state index contributed by atoms with van der Waals surface area (Å²) in [6, 6.07) is 21.2. The molecule has 2 aromatic carbocycles. The predicted molar refractivity (Wildman–Crippen MR) is 292 cm³/mol.